The van der Waals surface area contributed by atoms with Gasteiger partial charge in [0.25, 0.3) is 11.5 Å². The maximum atomic E-state index is 13.3. The Hall–Kier alpha value is -3.14. The van der Waals surface area contributed by atoms with Crippen LogP contribution in [0.3, 0.4) is 0 Å². The summed E-state index contributed by atoms with van der Waals surface area (Å²) in [6, 6.07) is 0.0447. The molecule has 2 aromatic heterocycles. The molecule has 1 saturated carbocycles. The number of fused-ring (bicyclic) bond motifs is 1. The number of piperidine rings is 1. The highest BCUT2D eigenvalue weighted by Crippen LogP contribution is 2.37. The van der Waals surface area contributed by atoms with Gasteiger partial charge in [-0.1, -0.05) is 13.8 Å². The number of likely N-dealkylation sites (tertiary alicyclic amines) is 1. The molecular weight excluding hydrogens is 460 g/mol. The minimum absolute atomic E-state index is 0.0447. The van der Waals surface area contributed by atoms with Crippen molar-refractivity contribution in [3.8, 4) is 5.88 Å². The molecule has 3 fully saturated rings. The van der Waals surface area contributed by atoms with Gasteiger partial charge < -0.3 is 20.6 Å². The highest BCUT2D eigenvalue weighted by molar-refractivity contribution is 5.97. The van der Waals surface area contributed by atoms with Crippen molar-refractivity contribution < 1.29 is 14.7 Å². The van der Waals surface area contributed by atoms with Crippen LogP contribution >= 0.6 is 0 Å². The second kappa shape index (κ2) is 9.38. The van der Waals surface area contributed by atoms with E-state index in [9.17, 15) is 19.5 Å². The lowest BCUT2D eigenvalue weighted by molar-refractivity contribution is -0.130. The summed E-state index contributed by atoms with van der Waals surface area (Å²) in [5.41, 5.74) is 0.477. The fraction of sp³-hybridized carbons (Fsp3) is 0.615. The Labute approximate surface area is 210 Å². The van der Waals surface area contributed by atoms with Crippen molar-refractivity contribution in [2.45, 2.75) is 77.4 Å². The largest absolute Gasteiger partial charge is 0.494 e. The minimum Gasteiger partial charge on any atom is -0.494 e. The van der Waals surface area contributed by atoms with E-state index in [4.69, 9.17) is 0 Å². The van der Waals surface area contributed by atoms with Crippen LogP contribution in [0.5, 0.6) is 5.88 Å². The van der Waals surface area contributed by atoms with Crippen molar-refractivity contribution in [3.05, 3.63) is 33.3 Å². The van der Waals surface area contributed by atoms with Crippen molar-refractivity contribution in [1.29, 1.82) is 0 Å². The fourth-order valence-corrected chi connectivity index (χ4v) is 5.72. The molecule has 36 heavy (non-hydrogen) atoms. The van der Waals surface area contributed by atoms with Crippen LogP contribution in [0.4, 0.5) is 0 Å². The molecule has 2 amide bonds. The fourth-order valence-electron chi connectivity index (χ4n) is 5.72. The van der Waals surface area contributed by atoms with Crippen molar-refractivity contribution in [2.75, 3.05) is 19.6 Å². The highest BCUT2D eigenvalue weighted by atomic mass is 16.3. The molecule has 1 aliphatic carbocycles. The number of aryl methyl sites for hydroxylation is 1. The zero-order valence-electron chi connectivity index (χ0n) is 21.3. The van der Waals surface area contributed by atoms with E-state index in [1.54, 1.807) is 23.6 Å². The van der Waals surface area contributed by atoms with E-state index in [2.05, 4.69) is 15.7 Å². The van der Waals surface area contributed by atoms with Crippen LogP contribution in [0.2, 0.25) is 0 Å². The van der Waals surface area contributed by atoms with Crippen LogP contribution in [-0.2, 0) is 11.3 Å². The summed E-state index contributed by atoms with van der Waals surface area (Å²) in [5.74, 6) is -0.871. The Morgan fingerprint density at radius 3 is 2.64 bits per heavy atom. The van der Waals surface area contributed by atoms with Crippen LogP contribution in [0.25, 0.3) is 11.7 Å². The number of aromatic hydroxyl groups is 1. The van der Waals surface area contributed by atoms with Crippen LogP contribution in [0, 0.1) is 12.8 Å². The molecule has 194 valence electrons. The molecule has 4 heterocycles. The van der Waals surface area contributed by atoms with E-state index in [0.29, 0.717) is 23.4 Å². The average molecular weight is 497 g/mol. The normalized spacial score (nSPS) is 19.7. The lowest BCUT2D eigenvalue weighted by atomic mass is 9.85. The molecule has 0 aromatic carbocycles. The third kappa shape index (κ3) is 4.31. The van der Waals surface area contributed by atoms with Crippen molar-refractivity contribution >= 4 is 23.5 Å². The Balaban J connectivity index is 1.55. The Morgan fingerprint density at radius 1 is 1.25 bits per heavy atom. The van der Waals surface area contributed by atoms with Gasteiger partial charge in [0, 0.05) is 36.3 Å². The molecule has 0 unspecified atom stereocenters. The molecule has 3 aliphatic rings. The van der Waals surface area contributed by atoms with Gasteiger partial charge in [0.05, 0.1) is 5.69 Å². The molecule has 0 bridgehead atoms. The lowest BCUT2D eigenvalue weighted by Gasteiger charge is -2.41. The number of carbonyl (C=O) groups excluding carboxylic acids is 2. The number of amides is 2. The zero-order chi connectivity index (χ0) is 25.6. The van der Waals surface area contributed by atoms with Crippen molar-refractivity contribution in [2.24, 2.45) is 5.92 Å². The monoisotopic (exact) mass is 496 g/mol. The Kier molecular flexibility index (Phi) is 6.40. The van der Waals surface area contributed by atoms with Crippen molar-refractivity contribution in [1.82, 2.24) is 29.7 Å². The summed E-state index contributed by atoms with van der Waals surface area (Å²) in [7, 11) is 0. The van der Waals surface area contributed by atoms with Crippen LogP contribution in [-0.4, -0.2) is 67.2 Å². The smallest absolute Gasteiger partial charge is 0.291 e. The van der Waals surface area contributed by atoms with Gasteiger partial charge in [-0.05, 0) is 70.5 Å². The number of carbonyl (C=O) groups is 2. The van der Waals surface area contributed by atoms with E-state index in [1.165, 1.54) is 4.52 Å². The molecule has 0 radical (unpaired) electrons. The van der Waals surface area contributed by atoms with Crippen molar-refractivity contribution in [3.63, 3.8) is 0 Å². The number of nitrogens with zero attached hydrogens (tertiary/aromatic N) is 4. The van der Waals surface area contributed by atoms with Crippen LogP contribution in [0.1, 0.15) is 74.0 Å². The summed E-state index contributed by atoms with van der Waals surface area (Å²) in [6.45, 7) is 8.70. The first-order valence-corrected chi connectivity index (χ1v) is 13.1. The standard InChI is InChI=1S/C26H36N6O4/c1-16(2)15-30-23-19(7-8-20(33)31-14-4-9-26(31)10-12-27-13-11-26)17(3)29-32(23)25(36)21(24(30)35)22(34)28-18-5-6-18/h7-8,16,18,27,35H,4-6,9-15H2,1-3H3,(H,28,34)/b8-7+. The minimum atomic E-state index is -0.664. The average Bonchev–Trinajstić information content (AvgIpc) is 3.46. The third-order valence-electron chi connectivity index (χ3n) is 7.70. The van der Waals surface area contributed by atoms with E-state index < -0.39 is 11.5 Å². The number of hydrogen-bond donors (Lipinski definition) is 3. The predicted molar refractivity (Wildman–Crippen MR) is 136 cm³/mol. The second-order valence-corrected chi connectivity index (χ2v) is 10.9. The van der Waals surface area contributed by atoms with E-state index >= 15 is 0 Å². The molecule has 10 heteroatoms. The number of aromatic nitrogens is 3. The van der Waals surface area contributed by atoms with Gasteiger partial charge in [0.15, 0.2) is 5.56 Å². The first-order chi connectivity index (χ1) is 17.2. The molecule has 2 aromatic rings. The summed E-state index contributed by atoms with van der Waals surface area (Å²) >= 11 is 0. The molecule has 0 atom stereocenters. The Morgan fingerprint density at radius 2 is 1.97 bits per heavy atom. The number of hydrogen-bond acceptors (Lipinski definition) is 6. The molecule has 5 rings (SSSR count). The number of nitrogens with one attached hydrogen (secondary N) is 2. The third-order valence-corrected chi connectivity index (χ3v) is 7.70. The molecule has 1 spiro atoms. The van der Waals surface area contributed by atoms with Gasteiger partial charge in [0.2, 0.25) is 11.8 Å². The topological polar surface area (TPSA) is 121 Å². The van der Waals surface area contributed by atoms with Gasteiger partial charge in [-0.15, -0.1) is 0 Å². The van der Waals surface area contributed by atoms with Gasteiger partial charge in [0.1, 0.15) is 5.65 Å². The molecule has 3 N–H and O–H groups in total. The zero-order valence-corrected chi connectivity index (χ0v) is 21.3. The summed E-state index contributed by atoms with van der Waals surface area (Å²) < 4.78 is 2.76. The maximum Gasteiger partial charge on any atom is 0.291 e. The summed E-state index contributed by atoms with van der Waals surface area (Å²) in [4.78, 5) is 41.5. The van der Waals surface area contributed by atoms with Gasteiger partial charge in [-0.25, -0.2) is 0 Å². The van der Waals surface area contributed by atoms with E-state index in [0.717, 1.165) is 58.2 Å². The quantitative estimate of drug-likeness (QED) is 0.525. The first-order valence-electron chi connectivity index (χ1n) is 13.1. The van der Waals surface area contributed by atoms with Gasteiger partial charge in [-0.2, -0.15) is 9.61 Å². The number of rotatable bonds is 6. The lowest BCUT2D eigenvalue weighted by Crippen LogP contribution is -2.52. The molecule has 10 nitrogen and oxygen atoms in total. The van der Waals surface area contributed by atoms with E-state index in [1.807, 2.05) is 18.7 Å². The van der Waals surface area contributed by atoms with Gasteiger partial charge >= 0.3 is 0 Å². The van der Waals surface area contributed by atoms with E-state index in [-0.39, 0.29) is 34.8 Å². The molecule has 2 aliphatic heterocycles. The predicted octanol–water partition coefficient (Wildman–Crippen LogP) is 1.82. The molecular formula is C26H36N6O4. The summed E-state index contributed by atoms with van der Waals surface area (Å²) in [5, 5.41) is 21.7. The maximum absolute atomic E-state index is 13.3. The van der Waals surface area contributed by atoms with Crippen LogP contribution < -0.4 is 16.2 Å². The SMILES string of the molecule is Cc1nn2c(=O)c(C(=O)NC3CC3)c(O)n(CC(C)C)c2c1/C=C/C(=O)N1CCCC12CCNCC2. The molecule has 2 saturated heterocycles. The highest BCUT2D eigenvalue weighted by Gasteiger charge is 2.43. The Bertz CT molecular complexity index is 1280. The first kappa shape index (κ1) is 24.5. The van der Waals surface area contributed by atoms with Gasteiger partial charge in [-0.3, -0.25) is 19.0 Å². The summed E-state index contributed by atoms with van der Waals surface area (Å²) in [6.07, 6.45) is 8.94. The van der Waals surface area contributed by atoms with Crippen LogP contribution in [0.15, 0.2) is 10.9 Å². The second-order valence-electron chi connectivity index (χ2n) is 10.9.